The molecular weight excluding hydrogens is 330 g/mol. The van der Waals surface area contributed by atoms with Crippen LogP contribution in [0.1, 0.15) is 16.7 Å². The summed E-state index contributed by atoms with van der Waals surface area (Å²) in [5.41, 5.74) is 9.43. The van der Waals surface area contributed by atoms with E-state index in [1.54, 1.807) is 7.11 Å². The molecule has 6 heteroatoms. The number of fused-ring (bicyclic) bond motifs is 1. The number of aryl methyl sites for hydroxylation is 1. The number of hydrogen-bond donors (Lipinski definition) is 2. The van der Waals surface area contributed by atoms with E-state index in [0.29, 0.717) is 24.4 Å². The second-order valence-electron chi connectivity index (χ2n) is 6.55. The molecule has 0 radical (unpaired) electrons. The third-order valence-corrected chi connectivity index (χ3v) is 4.65. The largest absolute Gasteiger partial charge is 0.495 e. The van der Waals surface area contributed by atoms with Crippen LogP contribution in [0.3, 0.4) is 0 Å². The Kier molecular flexibility index (Phi) is 5.23. The molecule has 0 unspecified atom stereocenters. The van der Waals surface area contributed by atoms with Crippen molar-refractivity contribution in [1.29, 1.82) is 0 Å². The lowest BCUT2D eigenvalue weighted by molar-refractivity contribution is -0.125. The van der Waals surface area contributed by atoms with Crippen LogP contribution in [0.4, 0.5) is 5.69 Å². The van der Waals surface area contributed by atoms with E-state index in [-0.39, 0.29) is 12.5 Å². The highest BCUT2D eigenvalue weighted by molar-refractivity contribution is 5.94. The Morgan fingerprint density at radius 1 is 1.23 bits per heavy atom. The van der Waals surface area contributed by atoms with Crippen molar-refractivity contribution in [3.05, 3.63) is 59.2 Å². The highest BCUT2D eigenvalue weighted by Gasteiger charge is 2.31. The van der Waals surface area contributed by atoms with Crippen molar-refractivity contribution in [1.82, 2.24) is 4.90 Å². The lowest BCUT2D eigenvalue weighted by Crippen LogP contribution is -2.50. The fourth-order valence-electron chi connectivity index (χ4n) is 3.32. The number of ether oxygens (including phenoxy) is 1. The Labute approximate surface area is 152 Å². The second-order valence-corrected chi connectivity index (χ2v) is 6.55. The zero-order chi connectivity index (χ0) is 18.7. The topological polar surface area (TPSA) is 84.7 Å². The molecule has 1 heterocycles. The van der Waals surface area contributed by atoms with E-state index in [4.69, 9.17) is 10.5 Å². The molecule has 3 N–H and O–H groups in total. The smallest absolute Gasteiger partial charge is 0.238 e. The number of nitrogens with zero attached hydrogens (tertiary/aromatic N) is 1. The number of methoxy groups -OCH3 is 1. The first kappa shape index (κ1) is 17.9. The van der Waals surface area contributed by atoms with Gasteiger partial charge in [-0.25, -0.2) is 0 Å². The zero-order valence-electron chi connectivity index (χ0n) is 15.0. The molecule has 26 heavy (non-hydrogen) atoms. The summed E-state index contributed by atoms with van der Waals surface area (Å²) in [7, 11) is 1.56. The summed E-state index contributed by atoms with van der Waals surface area (Å²) in [6, 6.07) is 13.0. The van der Waals surface area contributed by atoms with Gasteiger partial charge in [-0.1, -0.05) is 30.3 Å². The molecule has 0 aromatic heterocycles. The number of benzene rings is 2. The van der Waals surface area contributed by atoms with Gasteiger partial charge >= 0.3 is 0 Å². The van der Waals surface area contributed by atoms with E-state index in [0.717, 1.165) is 16.7 Å². The van der Waals surface area contributed by atoms with Crippen LogP contribution in [0.5, 0.6) is 5.75 Å². The molecule has 2 aromatic rings. The van der Waals surface area contributed by atoms with E-state index >= 15 is 0 Å². The van der Waals surface area contributed by atoms with Crippen LogP contribution < -0.4 is 15.8 Å². The highest BCUT2D eigenvalue weighted by atomic mass is 16.5. The summed E-state index contributed by atoms with van der Waals surface area (Å²) in [6.45, 7) is 2.54. The van der Waals surface area contributed by atoms with Gasteiger partial charge in [0.25, 0.3) is 0 Å². The Morgan fingerprint density at radius 2 is 1.96 bits per heavy atom. The Hall–Kier alpha value is -2.86. The van der Waals surface area contributed by atoms with Crippen molar-refractivity contribution in [3.8, 4) is 5.75 Å². The molecule has 136 valence electrons. The van der Waals surface area contributed by atoms with Gasteiger partial charge in [0, 0.05) is 6.54 Å². The molecule has 3 rings (SSSR count). The first-order valence-electron chi connectivity index (χ1n) is 8.52. The Balaban J connectivity index is 1.75. The summed E-state index contributed by atoms with van der Waals surface area (Å²) in [6.07, 6.45) is 0.520. The predicted molar refractivity (Wildman–Crippen MR) is 99.9 cm³/mol. The van der Waals surface area contributed by atoms with E-state index in [1.807, 2.05) is 54.3 Å². The maximum absolute atomic E-state index is 12.6. The van der Waals surface area contributed by atoms with Crippen LogP contribution in [0.25, 0.3) is 0 Å². The van der Waals surface area contributed by atoms with E-state index < -0.39 is 11.9 Å². The quantitative estimate of drug-likeness (QED) is 0.859. The number of rotatable bonds is 5. The van der Waals surface area contributed by atoms with Gasteiger partial charge < -0.3 is 15.8 Å². The number of carbonyl (C=O) groups excluding carboxylic acids is 2. The molecule has 1 aliphatic heterocycles. The molecule has 0 spiro atoms. The van der Waals surface area contributed by atoms with E-state index in [2.05, 4.69) is 5.32 Å². The van der Waals surface area contributed by atoms with Crippen LogP contribution in [0.15, 0.2) is 42.5 Å². The first-order valence-corrected chi connectivity index (χ1v) is 8.52. The number of nitrogens with two attached hydrogens (primary N) is 1. The van der Waals surface area contributed by atoms with Crippen molar-refractivity contribution in [3.63, 3.8) is 0 Å². The highest BCUT2D eigenvalue weighted by Crippen LogP contribution is 2.26. The average Bonchev–Trinajstić information content (AvgIpc) is 2.61. The Morgan fingerprint density at radius 3 is 2.65 bits per heavy atom. The third-order valence-electron chi connectivity index (χ3n) is 4.65. The van der Waals surface area contributed by atoms with Crippen molar-refractivity contribution in [2.45, 2.75) is 25.9 Å². The predicted octanol–water partition coefficient (Wildman–Crippen LogP) is 1.85. The zero-order valence-corrected chi connectivity index (χ0v) is 15.0. The van der Waals surface area contributed by atoms with Gasteiger partial charge in [0.2, 0.25) is 11.8 Å². The van der Waals surface area contributed by atoms with Gasteiger partial charge in [0.1, 0.15) is 5.75 Å². The van der Waals surface area contributed by atoms with Crippen molar-refractivity contribution in [2.24, 2.45) is 5.73 Å². The number of nitrogens with one attached hydrogen (secondary N) is 1. The molecule has 2 aromatic carbocycles. The average molecular weight is 353 g/mol. The summed E-state index contributed by atoms with van der Waals surface area (Å²) >= 11 is 0. The van der Waals surface area contributed by atoms with Gasteiger partial charge in [0.15, 0.2) is 0 Å². The lowest BCUT2D eigenvalue weighted by atomic mass is 9.93. The SMILES string of the molecule is COc1ccc(C)cc1NC(=O)CN1Cc2ccccc2C[C@@H]1C(N)=O. The maximum atomic E-state index is 12.6. The number of anilines is 1. The minimum absolute atomic E-state index is 0.0824. The van der Waals surface area contributed by atoms with Crippen LogP contribution in [-0.2, 0) is 22.6 Å². The number of carbonyl (C=O) groups is 2. The minimum Gasteiger partial charge on any atom is -0.495 e. The Bertz CT molecular complexity index is 835. The minimum atomic E-state index is -0.491. The van der Waals surface area contributed by atoms with Gasteiger partial charge in [-0.15, -0.1) is 0 Å². The molecule has 0 saturated heterocycles. The second kappa shape index (κ2) is 7.58. The molecular formula is C20H23N3O3. The number of amides is 2. The molecule has 0 fully saturated rings. The molecule has 6 nitrogen and oxygen atoms in total. The molecule has 2 amide bonds. The van der Waals surface area contributed by atoms with Crippen LogP contribution >= 0.6 is 0 Å². The van der Waals surface area contributed by atoms with Crippen molar-refractivity contribution < 1.29 is 14.3 Å². The van der Waals surface area contributed by atoms with Gasteiger partial charge in [-0.05, 0) is 42.2 Å². The summed E-state index contributed by atoms with van der Waals surface area (Å²) in [5.74, 6) is -0.0284. The number of hydrogen-bond acceptors (Lipinski definition) is 4. The van der Waals surface area contributed by atoms with Gasteiger partial charge in [-0.3, -0.25) is 14.5 Å². The molecule has 1 aliphatic rings. The lowest BCUT2D eigenvalue weighted by Gasteiger charge is -2.34. The standard InChI is InChI=1S/C20H23N3O3/c1-13-7-8-18(26-2)16(9-13)22-19(24)12-23-11-15-6-4-3-5-14(15)10-17(23)20(21)25/h3-9,17H,10-12H2,1-2H3,(H2,21,25)(H,22,24)/t17-/m1/s1. The molecule has 0 bridgehead atoms. The van der Waals surface area contributed by atoms with E-state index in [9.17, 15) is 9.59 Å². The third kappa shape index (κ3) is 3.86. The summed E-state index contributed by atoms with van der Waals surface area (Å²) in [4.78, 5) is 26.3. The summed E-state index contributed by atoms with van der Waals surface area (Å²) < 4.78 is 5.29. The van der Waals surface area contributed by atoms with Gasteiger partial charge in [-0.2, -0.15) is 0 Å². The molecule has 0 aliphatic carbocycles. The summed E-state index contributed by atoms with van der Waals surface area (Å²) in [5, 5.41) is 2.88. The fraction of sp³-hybridized carbons (Fsp3) is 0.300. The van der Waals surface area contributed by atoms with Crippen molar-refractivity contribution in [2.75, 3.05) is 19.0 Å². The fourth-order valence-corrected chi connectivity index (χ4v) is 3.32. The molecule has 1 atom stereocenters. The van der Waals surface area contributed by atoms with E-state index in [1.165, 1.54) is 0 Å². The van der Waals surface area contributed by atoms with Crippen LogP contribution in [0, 0.1) is 6.92 Å². The van der Waals surface area contributed by atoms with Crippen molar-refractivity contribution >= 4 is 17.5 Å². The van der Waals surface area contributed by atoms with Crippen LogP contribution in [-0.4, -0.2) is 36.4 Å². The molecule has 0 saturated carbocycles. The first-order chi connectivity index (χ1) is 12.5. The monoisotopic (exact) mass is 353 g/mol. The van der Waals surface area contributed by atoms with Gasteiger partial charge in [0.05, 0.1) is 25.4 Å². The van der Waals surface area contributed by atoms with Crippen LogP contribution in [0.2, 0.25) is 0 Å². The number of primary amides is 1. The maximum Gasteiger partial charge on any atom is 0.238 e. The normalized spacial score (nSPS) is 16.6.